The van der Waals surface area contributed by atoms with E-state index in [0.29, 0.717) is 17.1 Å². The van der Waals surface area contributed by atoms with Crippen LogP contribution in [0.1, 0.15) is 12.0 Å². The van der Waals surface area contributed by atoms with Gasteiger partial charge >= 0.3 is 0 Å². The van der Waals surface area contributed by atoms with Crippen molar-refractivity contribution in [3.63, 3.8) is 0 Å². The van der Waals surface area contributed by atoms with Crippen LogP contribution in [0.4, 0.5) is 0 Å². The topological polar surface area (TPSA) is 77.4 Å². The second kappa shape index (κ2) is 5.75. The molecule has 0 spiro atoms. The molecule has 0 amide bonds. The SMILES string of the molecule is COCOc1cccc2c1C(O)(CCO)C(OC)O2. The Balaban J connectivity index is 2.42. The van der Waals surface area contributed by atoms with Gasteiger partial charge in [0, 0.05) is 27.2 Å². The minimum Gasteiger partial charge on any atom is -0.467 e. The van der Waals surface area contributed by atoms with E-state index in [1.807, 2.05) is 0 Å². The van der Waals surface area contributed by atoms with Gasteiger partial charge in [-0.1, -0.05) is 6.07 Å². The van der Waals surface area contributed by atoms with E-state index in [0.717, 1.165) is 0 Å². The lowest BCUT2D eigenvalue weighted by Crippen LogP contribution is -2.40. The molecule has 2 unspecified atom stereocenters. The first-order valence-electron chi connectivity index (χ1n) is 5.95. The number of aliphatic hydroxyl groups excluding tert-OH is 1. The van der Waals surface area contributed by atoms with Crippen LogP contribution in [0, 0.1) is 0 Å². The first-order valence-corrected chi connectivity index (χ1v) is 5.95. The largest absolute Gasteiger partial charge is 0.467 e. The highest BCUT2D eigenvalue weighted by atomic mass is 16.7. The van der Waals surface area contributed by atoms with Gasteiger partial charge in [-0.2, -0.15) is 0 Å². The van der Waals surface area contributed by atoms with Crippen molar-refractivity contribution < 1.29 is 29.2 Å². The molecule has 0 radical (unpaired) electrons. The third-order valence-electron chi connectivity index (χ3n) is 3.08. The second-order valence-electron chi connectivity index (χ2n) is 4.26. The van der Waals surface area contributed by atoms with Crippen LogP contribution in [0.2, 0.25) is 0 Å². The number of hydrogen-bond acceptors (Lipinski definition) is 6. The van der Waals surface area contributed by atoms with Gasteiger partial charge in [0.2, 0.25) is 6.29 Å². The van der Waals surface area contributed by atoms with E-state index in [1.54, 1.807) is 18.2 Å². The van der Waals surface area contributed by atoms with Gasteiger partial charge in [0.05, 0.1) is 5.56 Å². The van der Waals surface area contributed by atoms with Crippen LogP contribution in [0.15, 0.2) is 18.2 Å². The van der Waals surface area contributed by atoms with E-state index in [9.17, 15) is 5.11 Å². The smallest absolute Gasteiger partial charge is 0.233 e. The zero-order valence-corrected chi connectivity index (χ0v) is 11.0. The van der Waals surface area contributed by atoms with Crippen molar-refractivity contribution in [2.24, 2.45) is 0 Å². The van der Waals surface area contributed by atoms with E-state index in [1.165, 1.54) is 14.2 Å². The van der Waals surface area contributed by atoms with Crippen molar-refractivity contribution in [1.29, 1.82) is 0 Å². The molecule has 1 aromatic carbocycles. The highest BCUT2D eigenvalue weighted by Gasteiger charge is 2.50. The van der Waals surface area contributed by atoms with Gasteiger partial charge in [0.1, 0.15) is 11.5 Å². The molecule has 1 heterocycles. The maximum absolute atomic E-state index is 10.8. The minimum absolute atomic E-state index is 0.0588. The van der Waals surface area contributed by atoms with Gasteiger partial charge in [0.25, 0.3) is 0 Å². The molecule has 0 aliphatic carbocycles. The van der Waals surface area contributed by atoms with Gasteiger partial charge in [-0.15, -0.1) is 0 Å². The Kier molecular flexibility index (Phi) is 4.26. The number of ether oxygens (including phenoxy) is 4. The molecule has 0 saturated heterocycles. The fourth-order valence-electron chi connectivity index (χ4n) is 2.27. The maximum Gasteiger partial charge on any atom is 0.233 e. The van der Waals surface area contributed by atoms with Crippen LogP contribution in [0.25, 0.3) is 0 Å². The van der Waals surface area contributed by atoms with Crippen LogP contribution >= 0.6 is 0 Å². The first kappa shape index (κ1) is 14.1. The molecule has 2 atom stereocenters. The van der Waals surface area contributed by atoms with Crippen LogP contribution in [-0.2, 0) is 15.1 Å². The molecule has 106 valence electrons. The number of hydrogen-bond donors (Lipinski definition) is 2. The van der Waals surface area contributed by atoms with Crippen LogP contribution < -0.4 is 9.47 Å². The van der Waals surface area contributed by atoms with Crippen molar-refractivity contribution in [3.8, 4) is 11.5 Å². The lowest BCUT2D eigenvalue weighted by molar-refractivity contribution is -0.176. The number of methoxy groups -OCH3 is 2. The average molecular weight is 270 g/mol. The second-order valence-corrected chi connectivity index (χ2v) is 4.26. The van der Waals surface area contributed by atoms with Gasteiger partial charge < -0.3 is 29.2 Å². The third kappa shape index (κ3) is 2.40. The summed E-state index contributed by atoms with van der Waals surface area (Å²) < 4.78 is 21.0. The number of fused-ring (bicyclic) bond motifs is 1. The Bertz CT molecular complexity index is 435. The molecule has 0 saturated carbocycles. The molecule has 2 rings (SSSR count). The molecule has 0 fully saturated rings. The Morgan fingerprint density at radius 3 is 2.79 bits per heavy atom. The summed E-state index contributed by atoms with van der Waals surface area (Å²) in [6.07, 6.45) is -0.784. The zero-order chi connectivity index (χ0) is 13.9. The maximum atomic E-state index is 10.8. The number of rotatable bonds is 6. The van der Waals surface area contributed by atoms with Crippen molar-refractivity contribution in [1.82, 2.24) is 0 Å². The van der Waals surface area contributed by atoms with Crippen molar-refractivity contribution >= 4 is 0 Å². The van der Waals surface area contributed by atoms with Crippen molar-refractivity contribution in [2.45, 2.75) is 18.3 Å². The molecule has 19 heavy (non-hydrogen) atoms. The molecule has 6 heteroatoms. The summed E-state index contributed by atoms with van der Waals surface area (Å²) in [7, 11) is 2.95. The summed E-state index contributed by atoms with van der Waals surface area (Å²) in [5.41, 5.74) is -0.962. The van der Waals surface area contributed by atoms with E-state index >= 15 is 0 Å². The van der Waals surface area contributed by atoms with E-state index in [4.69, 9.17) is 24.1 Å². The van der Waals surface area contributed by atoms with Crippen LogP contribution in [-0.4, -0.2) is 44.1 Å². The Hall–Kier alpha value is -1.34. The van der Waals surface area contributed by atoms with Crippen LogP contribution in [0.5, 0.6) is 11.5 Å². The summed E-state index contributed by atoms with van der Waals surface area (Å²) in [6, 6.07) is 5.18. The summed E-state index contributed by atoms with van der Waals surface area (Å²) in [4.78, 5) is 0. The van der Waals surface area contributed by atoms with E-state index < -0.39 is 11.9 Å². The summed E-state index contributed by atoms with van der Waals surface area (Å²) in [5.74, 6) is 0.936. The molecular formula is C13H18O6. The quantitative estimate of drug-likeness (QED) is 0.737. The lowest BCUT2D eigenvalue weighted by atomic mass is 9.90. The van der Waals surface area contributed by atoms with Gasteiger partial charge in [-0.05, 0) is 12.1 Å². The summed E-state index contributed by atoms with van der Waals surface area (Å²) in [5, 5.41) is 19.9. The van der Waals surface area contributed by atoms with Crippen molar-refractivity contribution in [3.05, 3.63) is 23.8 Å². The highest BCUT2D eigenvalue weighted by Crippen LogP contribution is 2.48. The molecule has 1 aliphatic heterocycles. The highest BCUT2D eigenvalue weighted by molar-refractivity contribution is 5.52. The molecule has 1 aliphatic rings. The fraction of sp³-hybridized carbons (Fsp3) is 0.538. The predicted octanol–water partition coefficient (Wildman–Crippen LogP) is 0.604. The average Bonchev–Trinajstić information content (AvgIpc) is 2.70. The molecule has 1 aromatic rings. The Morgan fingerprint density at radius 1 is 1.37 bits per heavy atom. The van der Waals surface area contributed by atoms with Gasteiger partial charge in [-0.25, -0.2) is 0 Å². The molecule has 0 aromatic heterocycles. The lowest BCUT2D eigenvalue weighted by Gasteiger charge is -2.27. The Labute approximate surface area is 111 Å². The Morgan fingerprint density at radius 2 is 2.16 bits per heavy atom. The monoisotopic (exact) mass is 270 g/mol. The minimum atomic E-state index is -1.44. The summed E-state index contributed by atoms with van der Waals surface area (Å²) in [6.45, 7) is -0.138. The van der Waals surface area contributed by atoms with E-state index in [2.05, 4.69) is 0 Å². The molecule has 0 bridgehead atoms. The van der Waals surface area contributed by atoms with Crippen molar-refractivity contribution in [2.75, 3.05) is 27.6 Å². The summed E-state index contributed by atoms with van der Waals surface area (Å²) >= 11 is 0. The van der Waals surface area contributed by atoms with Crippen LogP contribution in [0.3, 0.4) is 0 Å². The molecule has 6 nitrogen and oxygen atoms in total. The van der Waals surface area contributed by atoms with E-state index in [-0.39, 0.29) is 19.8 Å². The number of benzene rings is 1. The van der Waals surface area contributed by atoms with Gasteiger partial charge in [-0.3, -0.25) is 0 Å². The van der Waals surface area contributed by atoms with Gasteiger partial charge in [0.15, 0.2) is 12.4 Å². The fourth-order valence-corrected chi connectivity index (χ4v) is 2.27. The third-order valence-corrected chi connectivity index (χ3v) is 3.08. The number of aliphatic hydroxyl groups is 2. The zero-order valence-electron chi connectivity index (χ0n) is 11.0. The molecular weight excluding hydrogens is 252 g/mol. The standard InChI is InChI=1S/C13H18O6/c1-16-8-18-9-4-3-5-10-11(9)13(15,6-7-14)12(17-2)19-10/h3-5,12,14-15H,6-8H2,1-2H3. The molecule has 2 N–H and O–H groups in total. The normalized spacial score (nSPS) is 24.9. The predicted molar refractivity (Wildman–Crippen MR) is 66.0 cm³/mol. The first-order chi connectivity index (χ1) is 9.17.